The van der Waals surface area contributed by atoms with Crippen molar-refractivity contribution < 1.29 is 29.0 Å². The second-order valence-electron chi connectivity index (χ2n) is 8.26. The highest BCUT2D eigenvalue weighted by atomic mass is 35.5. The van der Waals surface area contributed by atoms with Crippen molar-refractivity contribution in [2.24, 2.45) is 0 Å². The number of hydrogen-bond acceptors (Lipinski definition) is 9. The van der Waals surface area contributed by atoms with Crippen molar-refractivity contribution >= 4 is 45.9 Å². The molecule has 3 unspecified atom stereocenters. The molecule has 2 aromatic heterocycles. The lowest BCUT2D eigenvalue weighted by molar-refractivity contribution is 0.0204. The largest absolute Gasteiger partial charge is 0.477 e. The van der Waals surface area contributed by atoms with Crippen LogP contribution in [-0.2, 0) is 15.9 Å². The molecule has 14 heteroatoms. The summed E-state index contributed by atoms with van der Waals surface area (Å²) in [5.41, 5.74) is 0.516. The number of aromatic nitrogens is 3. The van der Waals surface area contributed by atoms with Crippen LogP contribution in [0.4, 0.5) is 5.13 Å². The number of H-pyrrole nitrogens is 1. The number of aromatic amines is 1. The van der Waals surface area contributed by atoms with E-state index in [-0.39, 0.29) is 39.6 Å². The molecule has 1 aliphatic rings. The predicted octanol–water partition coefficient (Wildman–Crippen LogP) is 2.31. The molecule has 0 aromatic carbocycles. The first-order valence-corrected chi connectivity index (χ1v) is 12.9. The molecule has 3 rings (SSSR count). The van der Waals surface area contributed by atoms with Gasteiger partial charge in [-0.2, -0.15) is 0 Å². The number of carboxylic acid groups (broad SMARTS) is 1. The number of piperidine rings is 1. The second kappa shape index (κ2) is 12.5. The summed E-state index contributed by atoms with van der Waals surface area (Å²) >= 11 is 7.00. The topological polar surface area (TPSA) is 159 Å². The van der Waals surface area contributed by atoms with Crippen molar-refractivity contribution in [3.63, 3.8) is 0 Å². The number of rotatable bonds is 11. The van der Waals surface area contributed by atoms with Crippen molar-refractivity contribution in [2.75, 3.05) is 31.7 Å². The average molecular weight is 543 g/mol. The highest BCUT2D eigenvalue weighted by Gasteiger charge is 2.35. The Balaban J connectivity index is 1.77. The maximum absolute atomic E-state index is 12.8. The van der Waals surface area contributed by atoms with Gasteiger partial charge < -0.3 is 35.1 Å². The Morgan fingerprint density at radius 2 is 2.06 bits per heavy atom. The van der Waals surface area contributed by atoms with E-state index >= 15 is 0 Å². The number of halogens is 1. The van der Waals surface area contributed by atoms with Crippen molar-refractivity contribution in [3.05, 3.63) is 27.2 Å². The zero-order chi connectivity index (χ0) is 26.4. The molecule has 36 heavy (non-hydrogen) atoms. The Kier molecular flexibility index (Phi) is 9.65. The van der Waals surface area contributed by atoms with Gasteiger partial charge in [-0.3, -0.25) is 9.59 Å². The van der Waals surface area contributed by atoms with Gasteiger partial charge in [-0.1, -0.05) is 36.8 Å². The van der Waals surface area contributed by atoms with E-state index in [1.165, 1.54) is 7.11 Å². The van der Waals surface area contributed by atoms with Crippen molar-refractivity contribution in [3.8, 4) is 0 Å². The lowest BCUT2D eigenvalue weighted by atomic mass is 10.0. The van der Waals surface area contributed by atoms with Gasteiger partial charge in [0.1, 0.15) is 11.1 Å². The highest BCUT2D eigenvalue weighted by Crippen LogP contribution is 2.30. The van der Waals surface area contributed by atoms with E-state index in [0.717, 1.165) is 17.8 Å². The smallest absolute Gasteiger partial charge is 0.348 e. The van der Waals surface area contributed by atoms with Crippen LogP contribution in [0.3, 0.4) is 0 Å². The number of carboxylic acids is 1. The van der Waals surface area contributed by atoms with Gasteiger partial charge >= 0.3 is 5.97 Å². The molecule has 1 saturated heterocycles. The molecule has 0 aliphatic carbocycles. The molecular formula is C22H31ClN6O6S. The molecule has 0 saturated carbocycles. The standard InChI is InChI=1S/C22H31ClN6O6S/c1-5-9-35-14-10-29(8-7-13(14)26-20(31)18-25-12(6-2)17(23)28-18)22-27-15(16(36-22)21(32)33)19(30)24-11(3)34-4/h11,13-14H,5-10H2,1-4H3,(H,24,30)(H,25,28)(H,26,31)(H,32,33). The number of methoxy groups -OCH3 is 1. The van der Waals surface area contributed by atoms with Gasteiger partial charge in [0, 0.05) is 26.8 Å². The molecular weight excluding hydrogens is 512 g/mol. The number of anilines is 1. The summed E-state index contributed by atoms with van der Waals surface area (Å²) in [6, 6.07) is -0.307. The predicted molar refractivity (Wildman–Crippen MR) is 134 cm³/mol. The molecule has 4 N–H and O–H groups in total. The second-order valence-corrected chi connectivity index (χ2v) is 9.60. The third kappa shape index (κ3) is 6.52. The van der Waals surface area contributed by atoms with Crippen LogP contribution in [0.25, 0.3) is 0 Å². The number of thiazole rings is 1. The van der Waals surface area contributed by atoms with Crippen LogP contribution in [0.15, 0.2) is 0 Å². The summed E-state index contributed by atoms with van der Waals surface area (Å²) in [6.45, 7) is 6.83. The maximum Gasteiger partial charge on any atom is 0.348 e. The van der Waals surface area contributed by atoms with Crippen LogP contribution in [-0.4, -0.2) is 83.0 Å². The molecule has 2 aromatic rings. The van der Waals surface area contributed by atoms with Crippen LogP contribution < -0.4 is 15.5 Å². The maximum atomic E-state index is 12.8. The number of hydrogen-bond donors (Lipinski definition) is 4. The van der Waals surface area contributed by atoms with Gasteiger partial charge in [0.15, 0.2) is 21.8 Å². The molecule has 1 fully saturated rings. The van der Waals surface area contributed by atoms with Crippen LogP contribution in [0.1, 0.15) is 70.1 Å². The molecule has 1 aliphatic heterocycles. The Morgan fingerprint density at radius 3 is 2.67 bits per heavy atom. The van der Waals surface area contributed by atoms with Crippen LogP contribution in [0, 0.1) is 0 Å². The minimum Gasteiger partial charge on any atom is -0.477 e. The minimum atomic E-state index is -1.24. The van der Waals surface area contributed by atoms with Gasteiger partial charge in [0.2, 0.25) is 0 Å². The summed E-state index contributed by atoms with van der Waals surface area (Å²) in [5, 5.41) is 15.8. The molecule has 2 amide bonds. The van der Waals surface area contributed by atoms with Crippen LogP contribution in [0.2, 0.25) is 5.15 Å². The van der Waals surface area contributed by atoms with Gasteiger partial charge in [0.05, 0.1) is 17.8 Å². The van der Waals surface area contributed by atoms with Gasteiger partial charge in [-0.25, -0.2) is 14.8 Å². The molecule has 198 valence electrons. The van der Waals surface area contributed by atoms with E-state index in [0.29, 0.717) is 43.4 Å². The lowest BCUT2D eigenvalue weighted by Crippen LogP contribution is -2.55. The number of ether oxygens (including phenoxy) is 2. The summed E-state index contributed by atoms with van der Waals surface area (Å²) < 4.78 is 11.1. The van der Waals surface area contributed by atoms with Gasteiger partial charge in [-0.05, 0) is 26.2 Å². The fourth-order valence-electron chi connectivity index (χ4n) is 3.71. The van der Waals surface area contributed by atoms with Crippen LogP contribution in [0.5, 0.6) is 0 Å². The summed E-state index contributed by atoms with van der Waals surface area (Å²) in [4.78, 5) is 50.3. The molecule has 0 radical (unpaired) electrons. The zero-order valence-corrected chi connectivity index (χ0v) is 22.2. The number of carbonyl (C=O) groups excluding carboxylic acids is 2. The van der Waals surface area contributed by atoms with E-state index in [1.807, 2.05) is 18.7 Å². The monoisotopic (exact) mass is 542 g/mol. The Bertz CT molecular complexity index is 1090. The Hall–Kier alpha value is -2.74. The zero-order valence-electron chi connectivity index (χ0n) is 20.6. The number of aromatic carboxylic acids is 1. The fourth-order valence-corrected chi connectivity index (χ4v) is 4.92. The number of aryl methyl sites for hydroxylation is 1. The number of nitrogens with one attached hydrogen (secondary N) is 3. The highest BCUT2D eigenvalue weighted by molar-refractivity contribution is 7.17. The first-order chi connectivity index (χ1) is 17.2. The Morgan fingerprint density at radius 1 is 1.31 bits per heavy atom. The van der Waals surface area contributed by atoms with Crippen molar-refractivity contribution in [1.29, 1.82) is 0 Å². The quantitative estimate of drug-likeness (QED) is 0.312. The fraction of sp³-hybridized carbons (Fsp3) is 0.591. The first kappa shape index (κ1) is 27.8. The summed E-state index contributed by atoms with van der Waals surface area (Å²) in [6.07, 6.45) is 0.928. The number of carbonyl (C=O) groups is 3. The molecule has 3 heterocycles. The number of nitrogens with zero attached hydrogens (tertiary/aromatic N) is 3. The van der Waals surface area contributed by atoms with E-state index in [2.05, 4.69) is 25.6 Å². The molecule has 3 atom stereocenters. The first-order valence-electron chi connectivity index (χ1n) is 11.7. The van der Waals surface area contributed by atoms with E-state index in [1.54, 1.807) is 6.92 Å². The lowest BCUT2D eigenvalue weighted by Gasteiger charge is -2.38. The van der Waals surface area contributed by atoms with E-state index in [4.69, 9.17) is 21.1 Å². The SMILES string of the molecule is CCCOC1CN(c2nc(C(=O)NC(C)OC)c(C(=O)O)s2)CCC1NC(=O)c1nc(Cl)c(CC)[nH]1. The third-order valence-electron chi connectivity index (χ3n) is 5.69. The average Bonchev–Trinajstić information content (AvgIpc) is 3.47. The molecule has 0 spiro atoms. The van der Waals surface area contributed by atoms with Gasteiger partial charge in [0.25, 0.3) is 11.8 Å². The summed E-state index contributed by atoms with van der Waals surface area (Å²) in [5.74, 6) is -2.11. The molecule has 0 bridgehead atoms. The van der Waals surface area contributed by atoms with Crippen LogP contribution >= 0.6 is 22.9 Å². The number of imidazole rings is 1. The summed E-state index contributed by atoms with van der Waals surface area (Å²) in [7, 11) is 1.43. The van der Waals surface area contributed by atoms with E-state index < -0.39 is 18.1 Å². The normalized spacial score (nSPS) is 18.6. The van der Waals surface area contributed by atoms with Crippen molar-refractivity contribution in [2.45, 2.75) is 58.4 Å². The Labute approximate surface area is 217 Å². The minimum absolute atomic E-state index is 0.139. The van der Waals surface area contributed by atoms with E-state index in [9.17, 15) is 19.5 Å². The third-order valence-corrected chi connectivity index (χ3v) is 7.11. The number of amides is 2. The van der Waals surface area contributed by atoms with Gasteiger partial charge in [-0.15, -0.1) is 0 Å². The molecule has 12 nitrogen and oxygen atoms in total. The van der Waals surface area contributed by atoms with Crippen molar-refractivity contribution in [1.82, 2.24) is 25.6 Å².